The van der Waals surface area contributed by atoms with Gasteiger partial charge in [0.05, 0.1) is 12.5 Å². The third kappa shape index (κ3) is 3.39. The van der Waals surface area contributed by atoms with Crippen LogP contribution in [-0.4, -0.2) is 23.6 Å². The third-order valence-corrected chi connectivity index (χ3v) is 5.36. The Morgan fingerprint density at radius 3 is 2.65 bits per heavy atom. The molecule has 5 heteroatoms. The number of fused-ring (bicyclic) bond motifs is 1. The molecule has 0 aliphatic rings. The minimum absolute atomic E-state index is 0.781. The molecule has 0 bridgehead atoms. The number of benzene rings is 2. The van der Waals surface area contributed by atoms with Crippen molar-refractivity contribution in [3.8, 4) is 16.2 Å². The van der Waals surface area contributed by atoms with Gasteiger partial charge in [0, 0.05) is 11.4 Å². The quantitative estimate of drug-likeness (QED) is 0.524. The monoisotopic (exact) mass is 361 g/mol. The summed E-state index contributed by atoms with van der Waals surface area (Å²) in [5.74, 6) is 1.80. The van der Waals surface area contributed by atoms with Crippen molar-refractivity contribution in [3.05, 3.63) is 72.6 Å². The summed E-state index contributed by atoms with van der Waals surface area (Å²) < 4.78 is 5.42. The Morgan fingerprint density at radius 1 is 1.00 bits per heavy atom. The number of para-hydroxylation sites is 1. The standard InChI is InChI=1S/C21H19N3OS/c1-25-18-10-6-5-7-15(18)11-12-22-20-17-13-19(16-8-3-2-4-9-16)26-21(17)24-14-23-20/h2-10,13-14H,11-12H2,1H3,(H,22,23,24). The van der Waals surface area contributed by atoms with E-state index in [1.807, 2.05) is 24.3 Å². The van der Waals surface area contributed by atoms with E-state index in [-0.39, 0.29) is 0 Å². The molecular weight excluding hydrogens is 342 g/mol. The zero-order valence-electron chi connectivity index (χ0n) is 14.5. The van der Waals surface area contributed by atoms with Crippen LogP contribution in [0.1, 0.15) is 5.56 Å². The summed E-state index contributed by atoms with van der Waals surface area (Å²) in [5.41, 5.74) is 2.39. The van der Waals surface area contributed by atoms with E-state index < -0.39 is 0 Å². The first-order chi connectivity index (χ1) is 12.8. The van der Waals surface area contributed by atoms with E-state index >= 15 is 0 Å². The summed E-state index contributed by atoms with van der Waals surface area (Å²) in [4.78, 5) is 11.1. The van der Waals surface area contributed by atoms with Crippen LogP contribution >= 0.6 is 11.3 Å². The summed E-state index contributed by atoms with van der Waals surface area (Å²) in [6.07, 6.45) is 2.49. The van der Waals surface area contributed by atoms with Crippen LogP contribution in [0.3, 0.4) is 0 Å². The van der Waals surface area contributed by atoms with E-state index in [0.717, 1.165) is 34.7 Å². The van der Waals surface area contributed by atoms with Gasteiger partial charge in [-0.25, -0.2) is 9.97 Å². The smallest absolute Gasteiger partial charge is 0.138 e. The molecule has 2 heterocycles. The molecule has 0 fully saturated rings. The number of methoxy groups -OCH3 is 1. The minimum atomic E-state index is 0.781. The number of aromatic nitrogens is 2. The van der Waals surface area contributed by atoms with Crippen LogP contribution < -0.4 is 10.1 Å². The number of hydrogen-bond acceptors (Lipinski definition) is 5. The van der Waals surface area contributed by atoms with E-state index in [1.54, 1.807) is 24.8 Å². The maximum atomic E-state index is 5.42. The Morgan fingerprint density at radius 2 is 1.81 bits per heavy atom. The predicted molar refractivity (Wildman–Crippen MR) is 108 cm³/mol. The molecule has 2 aromatic heterocycles. The van der Waals surface area contributed by atoms with Gasteiger partial charge >= 0.3 is 0 Å². The Bertz CT molecular complexity index is 1010. The van der Waals surface area contributed by atoms with Crippen molar-refractivity contribution in [2.75, 3.05) is 19.0 Å². The largest absolute Gasteiger partial charge is 0.496 e. The molecule has 0 aliphatic carbocycles. The molecule has 0 unspecified atom stereocenters. The summed E-state index contributed by atoms with van der Waals surface area (Å²) in [6.45, 7) is 0.781. The van der Waals surface area contributed by atoms with E-state index in [0.29, 0.717) is 0 Å². The van der Waals surface area contributed by atoms with E-state index in [9.17, 15) is 0 Å². The van der Waals surface area contributed by atoms with Crippen molar-refractivity contribution in [1.29, 1.82) is 0 Å². The van der Waals surface area contributed by atoms with Gasteiger partial charge in [-0.2, -0.15) is 0 Å². The molecule has 0 spiro atoms. The van der Waals surface area contributed by atoms with Gasteiger partial charge in [0.15, 0.2) is 0 Å². The number of ether oxygens (including phenoxy) is 1. The Kier molecular flexibility index (Phi) is 4.80. The highest BCUT2D eigenvalue weighted by atomic mass is 32.1. The molecule has 1 N–H and O–H groups in total. The topological polar surface area (TPSA) is 47.0 Å². The lowest BCUT2D eigenvalue weighted by molar-refractivity contribution is 0.410. The first-order valence-electron chi connectivity index (χ1n) is 8.51. The van der Waals surface area contributed by atoms with Crippen molar-refractivity contribution in [2.24, 2.45) is 0 Å². The molecule has 0 amide bonds. The Hall–Kier alpha value is -2.92. The van der Waals surface area contributed by atoms with Crippen molar-refractivity contribution in [1.82, 2.24) is 9.97 Å². The molecule has 0 atom stereocenters. The van der Waals surface area contributed by atoms with E-state index in [4.69, 9.17) is 4.74 Å². The SMILES string of the molecule is COc1ccccc1CCNc1ncnc2sc(-c3ccccc3)cc12. The van der Waals surface area contributed by atoms with Crippen LogP contribution in [-0.2, 0) is 6.42 Å². The van der Waals surface area contributed by atoms with Gasteiger partial charge in [-0.15, -0.1) is 11.3 Å². The number of thiophene rings is 1. The Balaban J connectivity index is 1.54. The second-order valence-corrected chi connectivity index (χ2v) is 6.94. The highest BCUT2D eigenvalue weighted by Gasteiger charge is 2.10. The van der Waals surface area contributed by atoms with Crippen LogP contribution in [0.2, 0.25) is 0 Å². The predicted octanol–water partition coefficient (Wildman–Crippen LogP) is 5.02. The summed E-state index contributed by atoms with van der Waals surface area (Å²) in [7, 11) is 1.71. The summed E-state index contributed by atoms with van der Waals surface area (Å²) in [6, 6.07) is 20.6. The third-order valence-electron chi connectivity index (χ3n) is 4.27. The van der Waals surface area contributed by atoms with Crippen molar-refractivity contribution in [2.45, 2.75) is 6.42 Å². The molecular formula is C21H19N3OS. The number of rotatable bonds is 6. The Labute approximate surface area is 156 Å². The average molecular weight is 361 g/mol. The lowest BCUT2D eigenvalue weighted by Crippen LogP contribution is -2.07. The highest BCUT2D eigenvalue weighted by molar-refractivity contribution is 7.21. The molecule has 4 nitrogen and oxygen atoms in total. The number of hydrogen-bond donors (Lipinski definition) is 1. The lowest BCUT2D eigenvalue weighted by Gasteiger charge is -2.09. The fourth-order valence-corrected chi connectivity index (χ4v) is 3.97. The number of nitrogens with zero attached hydrogens (tertiary/aromatic N) is 2. The number of nitrogens with one attached hydrogen (secondary N) is 1. The normalized spacial score (nSPS) is 10.8. The maximum absolute atomic E-state index is 5.42. The lowest BCUT2D eigenvalue weighted by atomic mass is 10.1. The second kappa shape index (κ2) is 7.54. The van der Waals surface area contributed by atoms with Gasteiger partial charge in [-0.3, -0.25) is 0 Å². The zero-order chi connectivity index (χ0) is 17.8. The maximum Gasteiger partial charge on any atom is 0.138 e. The van der Waals surface area contributed by atoms with Crippen molar-refractivity contribution >= 4 is 27.4 Å². The molecule has 0 saturated heterocycles. The molecule has 0 aliphatic heterocycles. The number of anilines is 1. The average Bonchev–Trinajstić information content (AvgIpc) is 3.14. The molecule has 4 aromatic rings. The second-order valence-electron chi connectivity index (χ2n) is 5.91. The zero-order valence-corrected chi connectivity index (χ0v) is 15.3. The van der Waals surface area contributed by atoms with Gasteiger partial charge in [0.25, 0.3) is 0 Å². The van der Waals surface area contributed by atoms with Crippen LogP contribution in [0, 0.1) is 0 Å². The van der Waals surface area contributed by atoms with Gasteiger partial charge in [-0.05, 0) is 29.7 Å². The summed E-state index contributed by atoms with van der Waals surface area (Å²) in [5, 5.41) is 4.52. The minimum Gasteiger partial charge on any atom is -0.496 e. The molecule has 2 aromatic carbocycles. The van der Waals surface area contributed by atoms with Crippen LogP contribution in [0.15, 0.2) is 67.0 Å². The van der Waals surface area contributed by atoms with Crippen LogP contribution in [0.5, 0.6) is 5.75 Å². The van der Waals surface area contributed by atoms with Gasteiger partial charge < -0.3 is 10.1 Å². The molecule has 0 radical (unpaired) electrons. The van der Waals surface area contributed by atoms with Crippen molar-refractivity contribution < 1.29 is 4.74 Å². The molecule has 26 heavy (non-hydrogen) atoms. The van der Waals surface area contributed by atoms with Crippen LogP contribution in [0.4, 0.5) is 5.82 Å². The van der Waals surface area contributed by atoms with E-state index in [2.05, 4.69) is 51.7 Å². The van der Waals surface area contributed by atoms with Gasteiger partial charge in [0.2, 0.25) is 0 Å². The van der Waals surface area contributed by atoms with E-state index in [1.165, 1.54) is 16.0 Å². The fraction of sp³-hybridized carbons (Fsp3) is 0.143. The van der Waals surface area contributed by atoms with Gasteiger partial charge in [-0.1, -0.05) is 48.5 Å². The molecule has 4 rings (SSSR count). The molecule has 130 valence electrons. The first kappa shape index (κ1) is 16.5. The fourth-order valence-electron chi connectivity index (χ4n) is 2.97. The summed E-state index contributed by atoms with van der Waals surface area (Å²) >= 11 is 1.69. The molecule has 0 saturated carbocycles. The van der Waals surface area contributed by atoms with Crippen molar-refractivity contribution in [3.63, 3.8) is 0 Å². The van der Waals surface area contributed by atoms with Gasteiger partial charge in [0.1, 0.15) is 22.7 Å². The van der Waals surface area contributed by atoms with Crippen LogP contribution in [0.25, 0.3) is 20.7 Å². The first-order valence-corrected chi connectivity index (χ1v) is 9.32. The highest BCUT2D eigenvalue weighted by Crippen LogP contribution is 2.34.